The standard InChI is InChI=1S/C31H36N2O3/c1-21-13-15-24(16-14-21)28-25-20-33(18-9-12-23-10-7-6-8-11-23)19-17-26(25)32-22(2)27(28)29(30(34)35)36-31(3,4)5/h6-16,29H,17-20H2,1-5H3,(H,34,35)/b12-9+/t29-/m0/s1. The highest BCUT2D eigenvalue weighted by Gasteiger charge is 2.34. The van der Waals surface area contributed by atoms with E-state index < -0.39 is 17.7 Å². The molecule has 0 bridgehead atoms. The predicted octanol–water partition coefficient (Wildman–Crippen LogP) is 6.38. The minimum absolute atomic E-state index is 0.621. The van der Waals surface area contributed by atoms with Gasteiger partial charge in [0, 0.05) is 43.0 Å². The SMILES string of the molecule is Cc1ccc(-c2c3c(nc(C)c2[C@H](OC(C)(C)C)C(=O)O)CCN(C/C=C/c2ccccc2)C3)cc1. The number of carboxylic acids is 1. The number of aromatic nitrogens is 1. The summed E-state index contributed by atoms with van der Waals surface area (Å²) < 4.78 is 6.12. The molecule has 0 spiro atoms. The number of hydrogen-bond donors (Lipinski definition) is 1. The van der Waals surface area contributed by atoms with Gasteiger partial charge in [0.1, 0.15) is 0 Å². The molecule has 0 unspecified atom stereocenters. The van der Waals surface area contributed by atoms with Gasteiger partial charge in [0.05, 0.1) is 5.60 Å². The first-order valence-corrected chi connectivity index (χ1v) is 12.6. The van der Waals surface area contributed by atoms with Crippen molar-refractivity contribution in [2.45, 2.75) is 59.3 Å². The number of ether oxygens (including phenoxy) is 1. The lowest BCUT2D eigenvalue weighted by Crippen LogP contribution is -2.33. The average Bonchev–Trinajstić information content (AvgIpc) is 2.83. The third-order valence-corrected chi connectivity index (χ3v) is 6.43. The van der Waals surface area contributed by atoms with Crippen LogP contribution in [0.1, 0.15) is 60.5 Å². The van der Waals surface area contributed by atoms with Crippen LogP contribution in [0.25, 0.3) is 17.2 Å². The summed E-state index contributed by atoms with van der Waals surface area (Å²) in [5.41, 5.74) is 7.20. The van der Waals surface area contributed by atoms with E-state index in [1.807, 2.05) is 45.9 Å². The van der Waals surface area contributed by atoms with Crippen molar-refractivity contribution < 1.29 is 14.6 Å². The molecule has 1 aliphatic heterocycles. The zero-order chi connectivity index (χ0) is 25.9. The number of carbonyl (C=O) groups is 1. The summed E-state index contributed by atoms with van der Waals surface area (Å²) in [7, 11) is 0. The third-order valence-electron chi connectivity index (χ3n) is 6.43. The number of carboxylic acid groups (broad SMARTS) is 1. The molecule has 36 heavy (non-hydrogen) atoms. The van der Waals surface area contributed by atoms with Crippen molar-refractivity contribution in [3.05, 3.63) is 94.3 Å². The maximum Gasteiger partial charge on any atom is 0.337 e. The molecule has 188 valence electrons. The van der Waals surface area contributed by atoms with Gasteiger partial charge in [-0.3, -0.25) is 9.88 Å². The van der Waals surface area contributed by atoms with Gasteiger partial charge in [-0.2, -0.15) is 0 Å². The lowest BCUT2D eigenvalue weighted by atomic mass is 9.87. The summed E-state index contributed by atoms with van der Waals surface area (Å²) in [4.78, 5) is 19.8. The number of aliphatic carboxylic acids is 1. The fourth-order valence-electron chi connectivity index (χ4n) is 4.78. The van der Waals surface area contributed by atoms with Crippen molar-refractivity contribution in [1.82, 2.24) is 9.88 Å². The zero-order valence-corrected chi connectivity index (χ0v) is 21.9. The van der Waals surface area contributed by atoms with E-state index in [4.69, 9.17) is 9.72 Å². The van der Waals surface area contributed by atoms with Crippen LogP contribution in [0.2, 0.25) is 0 Å². The highest BCUT2D eigenvalue weighted by molar-refractivity contribution is 5.82. The second-order valence-electron chi connectivity index (χ2n) is 10.5. The van der Waals surface area contributed by atoms with E-state index in [0.29, 0.717) is 12.1 Å². The highest BCUT2D eigenvalue weighted by atomic mass is 16.5. The molecule has 1 atom stereocenters. The summed E-state index contributed by atoms with van der Waals surface area (Å²) in [6, 6.07) is 18.6. The van der Waals surface area contributed by atoms with Gasteiger partial charge in [-0.15, -0.1) is 0 Å². The largest absolute Gasteiger partial charge is 0.479 e. The van der Waals surface area contributed by atoms with Crippen LogP contribution < -0.4 is 0 Å². The fourth-order valence-corrected chi connectivity index (χ4v) is 4.78. The van der Waals surface area contributed by atoms with Crippen molar-refractivity contribution in [1.29, 1.82) is 0 Å². The van der Waals surface area contributed by atoms with Gasteiger partial charge in [0.25, 0.3) is 0 Å². The van der Waals surface area contributed by atoms with Gasteiger partial charge in [0.15, 0.2) is 6.10 Å². The molecule has 5 nitrogen and oxygen atoms in total. The summed E-state index contributed by atoms with van der Waals surface area (Å²) in [6.45, 7) is 12.0. The summed E-state index contributed by atoms with van der Waals surface area (Å²) >= 11 is 0. The number of hydrogen-bond acceptors (Lipinski definition) is 4. The Morgan fingerprint density at radius 3 is 2.44 bits per heavy atom. The molecule has 4 rings (SSSR count). The molecule has 2 aromatic carbocycles. The zero-order valence-electron chi connectivity index (χ0n) is 21.9. The first-order chi connectivity index (χ1) is 17.1. The Labute approximate surface area is 214 Å². The van der Waals surface area contributed by atoms with E-state index in [2.05, 4.69) is 60.4 Å². The molecule has 0 radical (unpaired) electrons. The van der Waals surface area contributed by atoms with E-state index >= 15 is 0 Å². The molecular weight excluding hydrogens is 448 g/mol. The van der Waals surface area contributed by atoms with Crippen LogP contribution in [0.15, 0.2) is 60.7 Å². The highest BCUT2D eigenvalue weighted by Crippen LogP contribution is 2.40. The molecule has 3 aromatic rings. The third kappa shape index (κ3) is 6.10. The van der Waals surface area contributed by atoms with Crippen molar-refractivity contribution in [3.63, 3.8) is 0 Å². The van der Waals surface area contributed by atoms with Gasteiger partial charge in [-0.25, -0.2) is 4.79 Å². The molecule has 0 fully saturated rings. The number of nitrogens with zero attached hydrogens (tertiary/aromatic N) is 2. The Balaban J connectivity index is 1.77. The van der Waals surface area contributed by atoms with E-state index in [9.17, 15) is 9.90 Å². The minimum atomic E-state index is -1.10. The van der Waals surface area contributed by atoms with E-state index in [1.54, 1.807) is 0 Å². The van der Waals surface area contributed by atoms with Gasteiger partial charge in [0.2, 0.25) is 0 Å². The molecule has 0 aliphatic carbocycles. The lowest BCUT2D eigenvalue weighted by molar-refractivity contribution is -0.160. The summed E-state index contributed by atoms with van der Waals surface area (Å²) in [5, 5.41) is 10.2. The maximum absolute atomic E-state index is 12.5. The number of fused-ring (bicyclic) bond motifs is 1. The Bertz CT molecular complexity index is 1240. The molecule has 2 heterocycles. The average molecular weight is 485 g/mol. The summed E-state index contributed by atoms with van der Waals surface area (Å²) in [5.74, 6) is -0.999. The fraction of sp³-hybridized carbons (Fsp3) is 0.355. The quantitative estimate of drug-likeness (QED) is 0.422. The van der Waals surface area contributed by atoms with Crippen LogP contribution in [0.3, 0.4) is 0 Å². The smallest absolute Gasteiger partial charge is 0.337 e. The molecule has 0 saturated carbocycles. The van der Waals surface area contributed by atoms with Gasteiger partial charge in [-0.1, -0.05) is 72.3 Å². The Morgan fingerprint density at radius 1 is 1.11 bits per heavy atom. The molecule has 1 aromatic heterocycles. The molecule has 1 N–H and O–H groups in total. The number of benzene rings is 2. The number of rotatable bonds is 7. The van der Waals surface area contributed by atoms with Gasteiger partial charge >= 0.3 is 5.97 Å². The van der Waals surface area contributed by atoms with E-state index in [-0.39, 0.29) is 0 Å². The molecule has 5 heteroatoms. The molecular formula is C31H36N2O3. The first kappa shape index (κ1) is 25.8. The normalized spacial score (nSPS) is 15.1. The molecule has 0 amide bonds. The second-order valence-corrected chi connectivity index (χ2v) is 10.5. The van der Waals surface area contributed by atoms with Crippen LogP contribution in [0.4, 0.5) is 0 Å². The Kier molecular flexibility index (Phi) is 7.72. The van der Waals surface area contributed by atoms with Crippen molar-refractivity contribution >= 4 is 12.0 Å². The van der Waals surface area contributed by atoms with Crippen LogP contribution in [-0.4, -0.2) is 39.7 Å². The Hall–Kier alpha value is -3.28. The Morgan fingerprint density at radius 2 is 1.81 bits per heavy atom. The van der Waals surface area contributed by atoms with Gasteiger partial charge in [-0.05, 0) is 56.9 Å². The monoisotopic (exact) mass is 484 g/mol. The second kappa shape index (κ2) is 10.8. The number of pyridine rings is 1. The summed E-state index contributed by atoms with van der Waals surface area (Å²) in [6.07, 6.45) is 4.06. The maximum atomic E-state index is 12.5. The van der Waals surface area contributed by atoms with Crippen molar-refractivity contribution in [3.8, 4) is 11.1 Å². The van der Waals surface area contributed by atoms with Crippen LogP contribution in [0, 0.1) is 13.8 Å². The lowest BCUT2D eigenvalue weighted by Gasteiger charge is -2.33. The van der Waals surface area contributed by atoms with Crippen LogP contribution in [0.5, 0.6) is 0 Å². The van der Waals surface area contributed by atoms with Crippen LogP contribution >= 0.6 is 0 Å². The molecule has 1 aliphatic rings. The van der Waals surface area contributed by atoms with Crippen molar-refractivity contribution in [2.75, 3.05) is 13.1 Å². The number of aryl methyl sites for hydroxylation is 2. The van der Waals surface area contributed by atoms with Gasteiger partial charge < -0.3 is 9.84 Å². The topological polar surface area (TPSA) is 62.7 Å². The predicted molar refractivity (Wildman–Crippen MR) is 145 cm³/mol. The van der Waals surface area contributed by atoms with E-state index in [1.165, 1.54) is 5.56 Å². The minimum Gasteiger partial charge on any atom is -0.479 e. The first-order valence-electron chi connectivity index (χ1n) is 12.6. The molecule has 0 saturated heterocycles. The van der Waals surface area contributed by atoms with Crippen molar-refractivity contribution in [2.24, 2.45) is 0 Å². The van der Waals surface area contributed by atoms with Crippen LogP contribution in [-0.2, 0) is 22.5 Å². The van der Waals surface area contributed by atoms with E-state index in [0.717, 1.165) is 53.2 Å².